The third-order valence-electron chi connectivity index (χ3n) is 2.36. The molecule has 2 rings (SSSR count). The second-order valence-corrected chi connectivity index (χ2v) is 6.30. The van der Waals surface area contributed by atoms with Crippen LogP contribution in [0.5, 0.6) is 0 Å². The predicted octanol–water partition coefficient (Wildman–Crippen LogP) is 4.07. The first kappa shape index (κ1) is 15.0. The fraction of sp³-hybridized carbons (Fsp3) is 0. The molecule has 0 spiro atoms. The highest BCUT2D eigenvalue weighted by molar-refractivity contribution is 7.92. The van der Waals surface area contributed by atoms with Crippen molar-refractivity contribution in [3.05, 3.63) is 58.1 Å². The van der Waals surface area contributed by atoms with Crippen LogP contribution in [0, 0.1) is 11.6 Å². The monoisotopic (exact) mass is 337 g/mol. The Labute approximate surface area is 124 Å². The molecule has 0 atom stereocenters. The number of hydrogen-bond acceptors (Lipinski definition) is 2. The number of anilines is 1. The largest absolute Gasteiger partial charge is 0.278 e. The van der Waals surface area contributed by atoms with Gasteiger partial charge in [0.1, 0.15) is 16.5 Å². The van der Waals surface area contributed by atoms with E-state index >= 15 is 0 Å². The molecule has 0 saturated heterocycles. The highest BCUT2D eigenvalue weighted by atomic mass is 35.5. The third-order valence-corrected chi connectivity index (χ3v) is 4.31. The van der Waals surface area contributed by atoms with Crippen molar-refractivity contribution in [2.45, 2.75) is 4.90 Å². The topological polar surface area (TPSA) is 46.2 Å². The van der Waals surface area contributed by atoms with Crippen LogP contribution < -0.4 is 4.72 Å². The van der Waals surface area contributed by atoms with Crippen molar-refractivity contribution >= 4 is 38.9 Å². The Kier molecular flexibility index (Phi) is 4.17. The molecule has 8 heteroatoms. The van der Waals surface area contributed by atoms with Crippen LogP contribution >= 0.6 is 23.2 Å². The molecule has 1 N–H and O–H groups in total. The van der Waals surface area contributed by atoms with Crippen LogP contribution in [0.4, 0.5) is 14.5 Å². The Morgan fingerprint density at radius 3 is 2.30 bits per heavy atom. The number of sulfonamides is 1. The Bertz CT molecular complexity index is 766. The zero-order chi connectivity index (χ0) is 14.9. The lowest BCUT2D eigenvalue weighted by atomic mass is 10.3. The molecule has 0 unspecified atom stereocenters. The number of halogens is 4. The maximum Gasteiger partial charge on any atom is 0.264 e. The van der Waals surface area contributed by atoms with Gasteiger partial charge < -0.3 is 0 Å². The first-order valence-corrected chi connectivity index (χ1v) is 7.46. The van der Waals surface area contributed by atoms with Crippen LogP contribution in [0.2, 0.25) is 10.0 Å². The van der Waals surface area contributed by atoms with Crippen LogP contribution in [0.1, 0.15) is 0 Å². The molecule has 20 heavy (non-hydrogen) atoms. The van der Waals surface area contributed by atoms with E-state index in [2.05, 4.69) is 4.72 Å². The third kappa shape index (κ3) is 3.20. The van der Waals surface area contributed by atoms with Gasteiger partial charge in [0, 0.05) is 11.1 Å². The number of hydrogen-bond donors (Lipinski definition) is 1. The van der Waals surface area contributed by atoms with E-state index in [1.807, 2.05) is 0 Å². The van der Waals surface area contributed by atoms with Crippen LogP contribution in [-0.4, -0.2) is 8.42 Å². The van der Waals surface area contributed by atoms with Crippen LogP contribution in [0.15, 0.2) is 41.3 Å². The molecule has 2 aromatic rings. The Morgan fingerprint density at radius 1 is 1.00 bits per heavy atom. The summed E-state index contributed by atoms with van der Waals surface area (Å²) in [6, 6.07) is 6.26. The summed E-state index contributed by atoms with van der Waals surface area (Å²) in [7, 11) is -4.22. The second-order valence-electron chi connectivity index (χ2n) is 3.80. The fourth-order valence-corrected chi connectivity index (χ4v) is 3.12. The van der Waals surface area contributed by atoms with Gasteiger partial charge in [0.25, 0.3) is 10.0 Å². The number of benzene rings is 2. The molecule has 2 aromatic carbocycles. The van der Waals surface area contributed by atoms with Crippen molar-refractivity contribution in [3.63, 3.8) is 0 Å². The van der Waals surface area contributed by atoms with Crippen molar-refractivity contribution in [2.75, 3.05) is 4.72 Å². The van der Waals surface area contributed by atoms with E-state index in [9.17, 15) is 17.2 Å². The van der Waals surface area contributed by atoms with Gasteiger partial charge in [0.05, 0.1) is 10.7 Å². The van der Waals surface area contributed by atoms with Gasteiger partial charge >= 0.3 is 0 Å². The predicted molar refractivity (Wildman–Crippen MR) is 73.6 cm³/mol. The van der Waals surface area contributed by atoms with Crippen molar-refractivity contribution in [3.8, 4) is 0 Å². The molecule has 0 aliphatic carbocycles. The Morgan fingerprint density at radius 2 is 1.70 bits per heavy atom. The van der Waals surface area contributed by atoms with Crippen LogP contribution in [0.25, 0.3) is 0 Å². The van der Waals surface area contributed by atoms with Crippen molar-refractivity contribution in [1.82, 2.24) is 0 Å². The molecule has 0 saturated carbocycles. The average molecular weight is 338 g/mol. The zero-order valence-corrected chi connectivity index (χ0v) is 12.0. The van der Waals surface area contributed by atoms with Gasteiger partial charge in [-0.2, -0.15) is 0 Å². The lowest BCUT2D eigenvalue weighted by molar-refractivity contribution is 0.551. The van der Waals surface area contributed by atoms with E-state index in [0.717, 1.165) is 12.1 Å². The Balaban J connectivity index is 2.41. The van der Waals surface area contributed by atoms with Crippen molar-refractivity contribution in [2.24, 2.45) is 0 Å². The summed E-state index contributed by atoms with van der Waals surface area (Å²) in [5, 5.41) is 0.384. The molecule has 0 radical (unpaired) electrons. The van der Waals surface area contributed by atoms with Gasteiger partial charge in [0.15, 0.2) is 0 Å². The zero-order valence-electron chi connectivity index (χ0n) is 9.70. The van der Waals surface area contributed by atoms with E-state index in [4.69, 9.17) is 23.2 Å². The molecule has 0 bridgehead atoms. The molecule has 0 aliphatic heterocycles. The maximum absolute atomic E-state index is 13.5. The number of nitrogens with one attached hydrogen (secondary N) is 1. The average Bonchev–Trinajstić information content (AvgIpc) is 2.32. The first-order valence-electron chi connectivity index (χ1n) is 5.22. The molecule has 0 fully saturated rings. The highest BCUT2D eigenvalue weighted by Crippen LogP contribution is 2.28. The molecule has 0 amide bonds. The van der Waals surface area contributed by atoms with Gasteiger partial charge in [-0.05, 0) is 30.3 Å². The van der Waals surface area contributed by atoms with Crippen LogP contribution in [-0.2, 0) is 10.0 Å². The molecular weight excluding hydrogens is 331 g/mol. The molecular formula is C12H7Cl2F2NO2S. The van der Waals surface area contributed by atoms with Crippen LogP contribution in [0.3, 0.4) is 0 Å². The summed E-state index contributed by atoms with van der Waals surface area (Å²) in [5.41, 5.74) is 0.0415. The minimum atomic E-state index is -4.22. The van der Waals surface area contributed by atoms with Gasteiger partial charge in [-0.3, -0.25) is 4.72 Å². The minimum Gasteiger partial charge on any atom is -0.278 e. The van der Waals surface area contributed by atoms with Gasteiger partial charge in [0.2, 0.25) is 0 Å². The summed E-state index contributed by atoms with van der Waals surface area (Å²) in [6.45, 7) is 0. The molecule has 3 nitrogen and oxygen atoms in total. The molecule has 106 valence electrons. The lowest BCUT2D eigenvalue weighted by Crippen LogP contribution is -2.15. The normalized spacial score (nSPS) is 11.4. The van der Waals surface area contributed by atoms with E-state index < -0.39 is 26.6 Å². The quantitative estimate of drug-likeness (QED) is 0.917. The van der Waals surface area contributed by atoms with Gasteiger partial charge in [-0.1, -0.05) is 23.2 Å². The SMILES string of the molecule is O=S(=O)(Nc1ccc(Cl)cc1Cl)c1ccc(F)cc1F. The summed E-state index contributed by atoms with van der Waals surface area (Å²) in [4.78, 5) is -0.676. The maximum atomic E-state index is 13.5. The van der Waals surface area contributed by atoms with E-state index in [1.54, 1.807) is 0 Å². The Hall–Kier alpha value is -1.37. The summed E-state index contributed by atoms with van der Waals surface area (Å²) >= 11 is 11.5. The summed E-state index contributed by atoms with van der Waals surface area (Å²) in [5.74, 6) is -2.06. The van der Waals surface area contributed by atoms with E-state index in [1.165, 1.54) is 18.2 Å². The van der Waals surface area contributed by atoms with Gasteiger partial charge in [-0.15, -0.1) is 0 Å². The van der Waals surface area contributed by atoms with E-state index in [0.29, 0.717) is 11.1 Å². The fourth-order valence-electron chi connectivity index (χ4n) is 1.47. The summed E-state index contributed by atoms with van der Waals surface area (Å²) < 4.78 is 52.4. The van der Waals surface area contributed by atoms with Crippen molar-refractivity contribution in [1.29, 1.82) is 0 Å². The number of rotatable bonds is 3. The lowest BCUT2D eigenvalue weighted by Gasteiger charge is -2.10. The van der Waals surface area contributed by atoms with Gasteiger partial charge in [-0.25, -0.2) is 17.2 Å². The molecule has 0 heterocycles. The smallest absolute Gasteiger partial charge is 0.264 e. The molecule has 0 aromatic heterocycles. The van der Waals surface area contributed by atoms with Crippen molar-refractivity contribution < 1.29 is 17.2 Å². The standard InChI is InChI=1S/C12H7Cl2F2NO2S/c13-7-1-3-11(9(14)5-7)17-20(18,19)12-4-2-8(15)6-10(12)16/h1-6,17H. The highest BCUT2D eigenvalue weighted by Gasteiger charge is 2.20. The summed E-state index contributed by atoms with van der Waals surface area (Å²) in [6.07, 6.45) is 0. The first-order chi connectivity index (χ1) is 9.29. The van der Waals surface area contributed by atoms with E-state index in [-0.39, 0.29) is 10.7 Å². The second kappa shape index (κ2) is 5.55. The minimum absolute atomic E-state index is 0.0415. The molecule has 0 aliphatic rings.